The Morgan fingerprint density at radius 2 is 2.06 bits per heavy atom. The molecule has 1 aromatic heterocycles. The average molecular weight is 231 g/mol. The van der Waals surface area contributed by atoms with Crippen molar-refractivity contribution in [2.75, 3.05) is 26.2 Å². The van der Waals surface area contributed by atoms with E-state index in [2.05, 4.69) is 16.4 Å². The quantitative estimate of drug-likeness (QED) is 0.770. The van der Waals surface area contributed by atoms with Crippen LogP contribution in [0.2, 0.25) is 0 Å². The van der Waals surface area contributed by atoms with Gasteiger partial charge in [-0.3, -0.25) is 4.79 Å². The number of hydrogen-bond donors (Lipinski definition) is 1. The molecular formula is C13H17N3O. The summed E-state index contributed by atoms with van der Waals surface area (Å²) in [5.41, 5.74) is 3.07. The van der Waals surface area contributed by atoms with Crippen LogP contribution in [0.3, 0.4) is 0 Å². The van der Waals surface area contributed by atoms with Gasteiger partial charge in [-0.1, -0.05) is 6.07 Å². The number of amides is 1. The molecule has 0 bridgehead atoms. The van der Waals surface area contributed by atoms with Gasteiger partial charge in [0.1, 0.15) is 5.69 Å². The number of nitrogens with zero attached hydrogens (tertiary/aromatic N) is 2. The van der Waals surface area contributed by atoms with E-state index in [1.165, 1.54) is 12.0 Å². The van der Waals surface area contributed by atoms with Gasteiger partial charge in [0.25, 0.3) is 5.91 Å². The topological polar surface area (TPSA) is 45.2 Å². The molecule has 0 unspecified atom stereocenters. The Morgan fingerprint density at radius 3 is 2.88 bits per heavy atom. The summed E-state index contributed by atoms with van der Waals surface area (Å²) < 4.78 is 0. The van der Waals surface area contributed by atoms with Crippen LogP contribution in [0.4, 0.5) is 0 Å². The molecule has 17 heavy (non-hydrogen) atoms. The fourth-order valence-electron chi connectivity index (χ4n) is 2.57. The van der Waals surface area contributed by atoms with Crippen LogP contribution >= 0.6 is 0 Å². The number of aromatic nitrogens is 1. The van der Waals surface area contributed by atoms with Gasteiger partial charge in [-0.15, -0.1) is 0 Å². The zero-order chi connectivity index (χ0) is 11.7. The maximum Gasteiger partial charge on any atom is 0.272 e. The van der Waals surface area contributed by atoms with Crippen molar-refractivity contribution in [2.45, 2.75) is 19.3 Å². The molecule has 2 aliphatic rings. The molecule has 0 aromatic carbocycles. The van der Waals surface area contributed by atoms with Gasteiger partial charge in [0.05, 0.1) is 0 Å². The SMILES string of the molecule is O=C(c1ccc2c(n1)CCC2)N1CCNCC1. The number of aryl methyl sites for hydroxylation is 2. The second-order valence-corrected chi connectivity index (χ2v) is 4.70. The van der Waals surface area contributed by atoms with Crippen LogP contribution in [0.25, 0.3) is 0 Å². The van der Waals surface area contributed by atoms with Gasteiger partial charge in [-0.2, -0.15) is 0 Å². The van der Waals surface area contributed by atoms with E-state index in [1.807, 2.05) is 11.0 Å². The number of carbonyl (C=O) groups excluding carboxylic acids is 1. The molecule has 4 nitrogen and oxygen atoms in total. The lowest BCUT2D eigenvalue weighted by Gasteiger charge is -2.27. The van der Waals surface area contributed by atoms with Crippen LogP contribution in [0.15, 0.2) is 12.1 Å². The minimum atomic E-state index is 0.0844. The minimum absolute atomic E-state index is 0.0844. The van der Waals surface area contributed by atoms with E-state index in [-0.39, 0.29) is 5.91 Å². The van der Waals surface area contributed by atoms with Crippen LogP contribution < -0.4 is 5.32 Å². The molecule has 90 valence electrons. The fraction of sp³-hybridized carbons (Fsp3) is 0.538. The number of nitrogens with one attached hydrogen (secondary N) is 1. The summed E-state index contributed by atoms with van der Waals surface area (Å²) in [5, 5.41) is 3.25. The second kappa shape index (κ2) is 4.45. The molecule has 4 heteroatoms. The minimum Gasteiger partial charge on any atom is -0.335 e. The second-order valence-electron chi connectivity index (χ2n) is 4.70. The van der Waals surface area contributed by atoms with Crippen LogP contribution in [-0.4, -0.2) is 42.0 Å². The van der Waals surface area contributed by atoms with Gasteiger partial charge < -0.3 is 10.2 Å². The van der Waals surface area contributed by atoms with Crippen molar-refractivity contribution in [2.24, 2.45) is 0 Å². The molecule has 2 heterocycles. The summed E-state index contributed by atoms with van der Waals surface area (Å²) in [5.74, 6) is 0.0844. The molecule has 0 radical (unpaired) electrons. The van der Waals surface area contributed by atoms with Crippen molar-refractivity contribution in [1.82, 2.24) is 15.2 Å². The van der Waals surface area contributed by atoms with Gasteiger partial charge in [0.2, 0.25) is 0 Å². The lowest BCUT2D eigenvalue weighted by Crippen LogP contribution is -2.46. The lowest BCUT2D eigenvalue weighted by atomic mass is 10.2. The molecule has 1 N–H and O–H groups in total. The number of rotatable bonds is 1. The van der Waals surface area contributed by atoms with Gasteiger partial charge in [-0.05, 0) is 30.9 Å². The molecule has 1 aliphatic heterocycles. The van der Waals surface area contributed by atoms with Gasteiger partial charge in [-0.25, -0.2) is 4.98 Å². The summed E-state index contributed by atoms with van der Waals surface area (Å²) in [4.78, 5) is 18.6. The van der Waals surface area contributed by atoms with Crippen molar-refractivity contribution in [3.63, 3.8) is 0 Å². The highest BCUT2D eigenvalue weighted by molar-refractivity contribution is 5.92. The van der Waals surface area contributed by atoms with Crippen molar-refractivity contribution in [3.05, 3.63) is 29.1 Å². The predicted octanol–water partition coefficient (Wildman–Crippen LogP) is 0.616. The Kier molecular flexibility index (Phi) is 2.81. The molecule has 1 aliphatic carbocycles. The van der Waals surface area contributed by atoms with E-state index < -0.39 is 0 Å². The molecule has 0 saturated carbocycles. The number of pyridine rings is 1. The fourth-order valence-corrected chi connectivity index (χ4v) is 2.57. The lowest BCUT2D eigenvalue weighted by molar-refractivity contribution is 0.0729. The highest BCUT2D eigenvalue weighted by Crippen LogP contribution is 2.20. The molecule has 0 atom stereocenters. The summed E-state index contributed by atoms with van der Waals surface area (Å²) in [6, 6.07) is 3.96. The van der Waals surface area contributed by atoms with Crippen molar-refractivity contribution in [1.29, 1.82) is 0 Å². The van der Waals surface area contributed by atoms with E-state index in [4.69, 9.17) is 0 Å². The Labute approximate surface area is 101 Å². The molecule has 1 amide bonds. The standard InChI is InChI=1S/C13H17N3O/c17-13(16-8-6-14-7-9-16)12-5-4-10-2-1-3-11(10)15-12/h4-5,14H,1-3,6-9H2. The van der Waals surface area contributed by atoms with Crippen molar-refractivity contribution in [3.8, 4) is 0 Å². The first-order valence-corrected chi connectivity index (χ1v) is 6.33. The van der Waals surface area contributed by atoms with E-state index in [0.717, 1.165) is 44.7 Å². The maximum absolute atomic E-state index is 12.2. The van der Waals surface area contributed by atoms with Crippen LogP contribution in [0.1, 0.15) is 28.2 Å². The molecule has 1 aromatic rings. The number of fused-ring (bicyclic) bond motifs is 1. The largest absolute Gasteiger partial charge is 0.335 e. The zero-order valence-corrected chi connectivity index (χ0v) is 9.91. The maximum atomic E-state index is 12.2. The van der Waals surface area contributed by atoms with Gasteiger partial charge in [0, 0.05) is 31.9 Å². The summed E-state index contributed by atoms with van der Waals surface area (Å²) in [6.07, 6.45) is 3.32. The van der Waals surface area contributed by atoms with Gasteiger partial charge >= 0.3 is 0 Å². The third-order valence-corrected chi connectivity index (χ3v) is 3.55. The first kappa shape index (κ1) is 10.7. The van der Waals surface area contributed by atoms with Crippen LogP contribution in [-0.2, 0) is 12.8 Å². The van der Waals surface area contributed by atoms with Crippen molar-refractivity contribution < 1.29 is 4.79 Å². The average Bonchev–Trinajstić information content (AvgIpc) is 2.86. The van der Waals surface area contributed by atoms with E-state index >= 15 is 0 Å². The third kappa shape index (κ3) is 2.05. The predicted molar refractivity (Wildman–Crippen MR) is 65.0 cm³/mol. The van der Waals surface area contributed by atoms with Gasteiger partial charge in [0.15, 0.2) is 0 Å². The smallest absolute Gasteiger partial charge is 0.272 e. The monoisotopic (exact) mass is 231 g/mol. The zero-order valence-electron chi connectivity index (χ0n) is 9.91. The van der Waals surface area contributed by atoms with Crippen molar-refractivity contribution >= 4 is 5.91 Å². The summed E-state index contributed by atoms with van der Waals surface area (Å²) >= 11 is 0. The summed E-state index contributed by atoms with van der Waals surface area (Å²) in [6.45, 7) is 3.35. The van der Waals surface area contributed by atoms with E-state index in [9.17, 15) is 4.79 Å². The number of piperazine rings is 1. The Hall–Kier alpha value is -1.42. The van der Waals surface area contributed by atoms with Crippen LogP contribution in [0, 0.1) is 0 Å². The van der Waals surface area contributed by atoms with Crippen LogP contribution in [0.5, 0.6) is 0 Å². The molecule has 0 spiro atoms. The van der Waals surface area contributed by atoms with E-state index in [1.54, 1.807) is 0 Å². The molecule has 3 rings (SSSR count). The summed E-state index contributed by atoms with van der Waals surface area (Å²) in [7, 11) is 0. The Bertz CT molecular complexity index is 438. The third-order valence-electron chi connectivity index (χ3n) is 3.55. The highest BCUT2D eigenvalue weighted by atomic mass is 16.2. The number of hydrogen-bond acceptors (Lipinski definition) is 3. The number of carbonyl (C=O) groups is 1. The molecule has 1 fully saturated rings. The highest BCUT2D eigenvalue weighted by Gasteiger charge is 2.21. The Morgan fingerprint density at radius 1 is 1.24 bits per heavy atom. The first-order chi connectivity index (χ1) is 8.34. The molecular weight excluding hydrogens is 214 g/mol. The normalized spacial score (nSPS) is 19.2. The molecule has 1 saturated heterocycles. The van der Waals surface area contributed by atoms with E-state index in [0.29, 0.717) is 5.69 Å². The first-order valence-electron chi connectivity index (χ1n) is 6.33. The Balaban J connectivity index is 1.81.